The van der Waals surface area contributed by atoms with Crippen molar-refractivity contribution in [3.05, 3.63) is 45.9 Å². The summed E-state index contributed by atoms with van der Waals surface area (Å²) in [6, 6.07) is 5.08. The number of hydrogen-bond donors (Lipinski definition) is 3. The fraction of sp³-hybridized carbons (Fsp3) is 0.182. The quantitative estimate of drug-likeness (QED) is 0.434. The largest absolute Gasteiger partial charge is 0.294 e. The minimum Gasteiger partial charge on any atom is -0.292 e. The number of aromatic amines is 1. The van der Waals surface area contributed by atoms with E-state index in [1.165, 1.54) is 28.9 Å². The third-order valence-electron chi connectivity index (χ3n) is 2.82. The fourth-order valence-electron chi connectivity index (χ4n) is 1.72. The zero-order valence-electron chi connectivity index (χ0n) is 10.4. The van der Waals surface area contributed by atoms with Gasteiger partial charge >= 0.3 is 0 Å². The Labute approximate surface area is 113 Å². The van der Waals surface area contributed by atoms with E-state index in [-0.39, 0.29) is 17.1 Å². The smallest absolute Gasteiger partial charge is 0.292 e. The van der Waals surface area contributed by atoms with Gasteiger partial charge in [0.05, 0.1) is 16.3 Å². The van der Waals surface area contributed by atoms with E-state index < -0.39 is 10.1 Å². The summed E-state index contributed by atoms with van der Waals surface area (Å²) in [5.74, 6) is 0. The van der Waals surface area contributed by atoms with Gasteiger partial charge in [-0.3, -0.25) is 19.7 Å². The highest BCUT2D eigenvalue weighted by Gasteiger charge is 2.13. The van der Waals surface area contributed by atoms with Crippen molar-refractivity contribution in [3.63, 3.8) is 0 Å². The van der Waals surface area contributed by atoms with Crippen LogP contribution in [-0.2, 0) is 21.6 Å². The highest BCUT2D eigenvalue weighted by Crippen LogP contribution is 2.13. The van der Waals surface area contributed by atoms with E-state index in [0.717, 1.165) is 0 Å². The molecule has 0 unspecified atom stereocenters. The Morgan fingerprint density at radius 2 is 1.90 bits per heavy atom. The topological polar surface area (TPSA) is 122 Å². The Kier molecular flexibility index (Phi) is 3.77. The maximum Gasteiger partial charge on any atom is 0.294 e. The molecule has 3 N–H and O–H groups in total. The van der Waals surface area contributed by atoms with Gasteiger partial charge in [0.15, 0.2) is 0 Å². The molecule has 20 heavy (non-hydrogen) atoms. The molecule has 1 aromatic carbocycles. The Hall–Kier alpha value is -1.94. The molecule has 0 aliphatic heterocycles. The van der Waals surface area contributed by atoms with E-state index in [2.05, 4.69) is 9.99 Å². The summed E-state index contributed by atoms with van der Waals surface area (Å²) >= 11 is 0. The SMILES string of the molecule is Cc1c(COO)[nH]n(-c2ccc(S(=O)(=O)O)cc2)c1=O. The summed E-state index contributed by atoms with van der Waals surface area (Å²) in [7, 11) is -4.27. The lowest BCUT2D eigenvalue weighted by atomic mass is 10.3. The summed E-state index contributed by atoms with van der Waals surface area (Å²) in [5.41, 5.74) is 0.806. The molecule has 0 aliphatic carbocycles. The molecule has 0 spiro atoms. The predicted octanol–water partition coefficient (Wildman–Crippen LogP) is 0.710. The molecule has 0 aliphatic rings. The number of benzene rings is 1. The molecule has 1 aromatic heterocycles. The Balaban J connectivity index is 2.47. The number of nitrogens with zero attached hydrogens (tertiary/aromatic N) is 1. The van der Waals surface area contributed by atoms with Crippen LogP contribution in [0.2, 0.25) is 0 Å². The molecule has 108 valence electrons. The standard InChI is InChI=1S/C11H12N2O6S/c1-7-10(6-19-15)12-13(11(7)14)8-2-4-9(5-3-8)20(16,17)18/h2-5,12,15H,6H2,1H3,(H,16,17,18). The highest BCUT2D eigenvalue weighted by atomic mass is 32.2. The van der Waals surface area contributed by atoms with Crippen molar-refractivity contribution in [1.82, 2.24) is 9.78 Å². The van der Waals surface area contributed by atoms with Crippen LogP contribution in [0.3, 0.4) is 0 Å². The van der Waals surface area contributed by atoms with Crippen LogP contribution in [0.4, 0.5) is 0 Å². The average Bonchev–Trinajstić information content (AvgIpc) is 2.67. The summed E-state index contributed by atoms with van der Waals surface area (Å²) in [5, 5.41) is 11.1. The van der Waals surface area contributed by atoms with Crippen LogP contribution in [0.5, 0.6) is 0 Å². The van der Waals surface area contributed by atoms with Crippen LogP contribution < -0.4 is 5.56 Å². The average molecular weight is 300 g/mol. The molecule has 2 rings (SSSR count). The third kappa shape index (κ3) is 2.65. The van der Waals surface area contributed by atoms with Gasteiger partial charge in [0.1, 0.15) is 6.61 Å². The van der Waals surface area contributed by atoms with Crippen LogP contribution in [0.1, 0.15) is 11.3 Å². The minimum atomic E-state index is -4.27. The van der Waals surface area contributed by atoms with E-state index in [9.17, 15) is 13.2 Å². The number of H-pyrrole nitrogens is 1. The van der Waals surface area contributed by atoms with Crippen LogP contribution in [0.15, 0.2) is 34.0 Å². The second-order valence-corrected chi connectivity index (χ2v) is 5.52. The molecular weight excluding hydrogens is 288 g/mol. The normalized spacial score (nSPS) is 11.8. The van der Waals surface area contributed by atoms with E-state index in [1.54, 1.807) is 6.92 Å². The second kappa shape index (κ2) is 5.21. The molecule has 0 fully saturated rings. The van der Waals surface area contributed by atoms with Crippen molar-refractivity contribution in [2.24, 2.45) is 0 Å². The first-order chi connectivity index (χ1) is 9.34. The lowest BCUT2D eigenvalue weighted by Gasteiger charge is -2.03. The zero-order chi connectivity index (χ0) is 14.9. The first-order valence-electron chi connectivity index (χ1n) is 5.49. The highest BCUT2D eigenvalue weighted by molar-refractivity contribution is 7.85. The zero-order valence-corrected chi connectivity index (χ0v) is 11.2. The molecule has 0 saturated heterocycles. The van der Waals surface area contributed by atoms with E-state index in [4.69, 9.17) is 9.81 Å². The molecule has 8 nitrogen and oxygen atoms in total. The molecular formula is C11H12N2O6S. The van der Waals surface area contributed by atoms with E-state index in [1.807, 2.05) is 0 Å². The lowest BCUT2D eigenvalue weighted by Crippen LogP contribution is -2.15. The number of hydrogen-bond acceptors (Lipinski definition) is 5. The van der Waals surface area contributed by atoms with Crippen LogP contribution in [-0.4, -0.2) is 28.0 Å². The third-order valence-corrected chi connectivity index (χ3v) is 3.69. The fourth-order valence-corrected chi connectivity index (χ4v) is 2.20. The van der Waals surface area contributed by atoms with Crippen molar-refractivity contribution in [1.29, 1.82) is 0 Å². The molecule has 0 bridgehead atoms. The van der Waals surface area contributed by atoms with Crippen molar-refractivity contribution < 1.29 is 23.1 Å². The summed E-state index contributed by atoms with van der Waals surface area (Å²) in [6.07, 6.45) is 0. The van der Waals surface area contributed by atoms with Crippen molar-refractivity contribution in [3.8, 4) is 5.69 Å². The summed E-state index contributed by atoms with van der Waals surface area (Å²) in [6.45, 7) is 1.40. The Morgan fingerprint density at radius 3 is 2.40 bits per heavy atom. The van der Waals surface area contributed by atoms with Crippen molar-refractivity contribution in [2.75, 3.05) is 0 Å². The van der Waals surface area contributed by atoms with Crippen LogP contribution in [0.25, 0.3) is 5.69 Å². The van der Waals surface area contributed by atoms with E-state index in [0.29, 0.717) is 16.9 Å². The Morgan fingerprint density at radius 1 is 1.30 bits per heavy atom. The first kappa shape index (κ1) is 14.5. The monoisotopic (exact) mass is 300 g/mol. The maximum absolute atomic E-state index is 12.0. The molecule has 0 atom stereocenters. The number of nitrogens with one attached hydrogen (secondary N) is 1. The minimum absolute atomic E-state index is 0.169. The molecule has 0 radical (unpaired) electrons. The predicted molar refractivity (Wildman–Crippen MR) is 68.4 cm³/mol. The van der Waals surface area contributed by atoms with Gasteiger partial charge in [-0.2, -0.15) is 8.42 Å². The number of aromatic nitrogens is 2. The van der Waals surface area contributed by atoms with Gasteiger partial charge in [0, 0.05) is 5.56 Å². The second-order valence-electron chi connectivity index (χ2n) is 4.10. The van der Waals surface area contributed by atoms with Crippen molar-refractivity contribution >= 4 is 10.1 Å². The van der Waals surface area contributed by atoms with Gasteiger partial charge in [-0.25, -0.2) is 9.57 Å². The maximum atomic E-state index is 12.0. The van der Waals surface area contributed by atoms with Crippen LogP contribution >= 0.6 is 0 Å². The summed E-state index contributed by atoms with van der Waals surface area (Å²) < 4.78 is 31.9. The lowest BCUT2D eigenvalue weighted by molar-refractivity contribution is -0.253. The van der Waals surface area contributed by atoms with Gasteiger partial charge in [-0.1, -0.05) is 0 Å². The van der Waals surface area contributed by atoms with Crippen LogP contribution in [0, 0.1) is 6.92 Å². The summed E-state index contributed by atoms with van der Waals surface area (Å²) in [4.78, 5) is 15.7. The van der Waals surface area contributed by atoms with E-state index >= 15 is 0 Å². The van der Waals surface area contributed by atoms with Crippen molar-refractivity contribution in [2.45, 2.75) is 18.4 Å². The first-order valence-corrected chi connectivity index (χ1v) is 6.93. The molecule has 9 heteroatoms. The van der Waals surface area contributed by atoms with Gasteiger partial charge in [-0.15, -0.1) is 0 Å². The molecule has 1 heterocycles. The Bertz CT molecular complexity index is 772. The van der Waals surface area contributed by atoms with Gasteiger partial charge in [0.2, 0.25) is 0 Å². The molecule has 0 amide bonds. The van der Waals surface area contributed by atoms with Gasteiger partial charge < -0.3 is 0 Å². The number of rotatable bonds is 4. The van der Waals surface area contributed by atoms with Gasteiger partial charge in [0.25, 0.3) is 15.7 Å². The van der Waals surface area contributed by atoms with Gasteiger partial charge in [-0.05, 0) is 31.2 Å². The molecule has 0 saturated carbocycles. The molecule has 2 aromatic rings.